The fraction of sp³-hybridized carbons (Fsp3) is 0.130. The minimum atomic E-state index is 0.294. The third-order valence-corrected chi connectivity index (χ3v) is 6.29. The molecule has 0 saturated heterocycles. The molecule has 6 aromatic rings. The van der Waals surface area contributed by atoms with Gasteiger partial charge in [-0.25, -0.2) is 19.5 Å². The quantitative estimate of drug-likeness (QED) is 0.399. The van der Waals surface area contributed by atoms with Crippen LogP contribution < -0.4 is 4.74 Å². The lowest BCUT2D eigenvalue weighted by Gasteiger charge is -2.05. The Balaban J connectivity index is 1.38. The van der Waals surface area contributed by atoms with Gasteiger partial charge >= 0.3 is 0 Å². The molecule has 4 aromatic heterocycles. The average Bonchev–Trinajstić information content (AvgIpc) is 3.32. The highest BCUT2D eigenvalue weighted by molar-refractivity contribution is 7.26. The van der Waals surface area contributed by atoms with Crippen molar-refractivity contribution in [2.24, 2.45) is 0 Å². The zero-order valence-electron chi connectivity index (χ0n) is 16.5. The predicted octanol–water partition coefficient (Wildman–Crippen LogP) is 5.24. The normalized spacial score (nSPS) is 11.8. The Morgan fingerprint density at radius 1 is 1.00 bits per heavy atom. The van der Waals surface area contributed by atoms with Gasteiger partial charge in [0.25, 0.3) is 0 Å². The zero-order chi connectivity index (χ0) is 20.2. The second-order valence-corrected chi connectivity index (χ2v) is 8.38. The van der Waals surface area contributed by atoms with E-state index in [1.807, 2.05) is 31.2 Å². The second kappa shape index (κ2) is 6.47. The van der Waals surface area contributed by atoms with Gasteiger partial charge in [-0.2, -0.15) is 0 Å². The minimum absolute atomic E-state index is 0.294. The Bertz CT molecular complexity index is 1580. The lowest BCUT2D eigenvalue weighted by molar-refractivity contribution is 0.296. The number of hydrogen-bond acceptors (Lipinski definition) is 6. The van der Waals surface area contributed by atoms with Crippen LogP contribution in [0.3, 0.4) is 0 Å². The molecule has 0 aliphatic rings. The molecule has 30 heavy (non-hydrogen) atoms. The number of pyridine rings is 1. The van der Waals surface area contributed by atoms with Crippen molar-refractivity contribution in [3.05, 3.63) is 71.9 Å². The largest absolute Gasteiger partial charge is 0.486 e. The fourth-order valence-electron chi connectivity index (χ4n) is 3.88. The molecule has 0 amide bonds. The van der Waals surface area contributed by atoms with E-state index >= 15 is 0 Å². The Kier molecular flexibility index (Phi) is 3.73. The summed E-state index contributed by atoms with van der Waals surface area (Å²) in [6, 6.07) is 16.4. The third kappa shape index (κ3) is 2.70. The topological polar surface area (TPSA) is 65.2 Å². The van der Waals surface area contributed by atoms with Crippen LogP contribution in [0.15, 0.2) is 54.9 Å². The van der Waals surface area contributed by atoms with E-state index in [2.05, 4.69) is 46.3 Å². The number of hydrogen-bond donors (Lipinski definition) is 0. The number of rotatable bonds is 3. The summed E-state index contributed by atoms with van der Waals surface area (Å²) in [6.45, 7) is 4.41. The molecule has 0 bridgehead atoms. The highest BCUT2D eigenvalue weighted by Crippen LogP contribution is 2.35. The van der Waals surface area contributed by atoms with E-state index in [0.29, 0.717) is 12.4 Å². The maximum Gasteiger partial charge on any atom is 0.189 e. The molecule has 0 spiro atoms. The van der Waals surface area contributed by atoms with Gasteiger partial charge < -0.3 is 4.74 Å². The summed E-state index contributed by atoms with van der Waals surface area (Å²) in [4.78, 5) is 15.0. The number of thiophene rings is 1. The standard InChI is InChI=1S/C23H17N5OS/c1-13-9-14(2)25-23-19(13)20-21(30-23)22-26-18(27-28(22)12-24-20)11-29-17-8-7-15-5-3-4-6-16(15)10-17/h3-10,12H,11H2,1-2H3. The molecule has 0 atom stereocenters. The van der Waals surface area contributed by atoms with E-state index < -0.39 is 0 Å². The first-order valence-electron chi connectivity index (χ1n) is 9.68. The van der Waals surface area contributed by atoms with Crippen molar-refractivity contribution >= 4 is 48.2 Å². The zero-order valence-corrected chi connectivity index (χ0v) is 17.3. The third-order valence-electron chi connectivity index (χ3n) is 5.23. The highest BCUT2D eigenvalue weighted by Gasteiger charge is 2.16. The molecule has 6 rings (SSSR count). The van der Waals surface area contributed by atoms with E-state index in [0.717, 1.165) is 42.9 Å². The lowest BCUT2D eigenvalue weighted by Crippen LogP contribution is -1.98. The summed E-state index contributed by atoms with van der Waals surface area (Å²) in [5.74, 6) is 1.42. The molecular formula is C23H17N5OS. The predicted molar refractivity (Wildman–Crippen MR) is 119 cm³/mol. The van der Waals surface area contributed by atoms with Crippen LogP contribution in [0.25, 0.3) is 36.9 Å². The molecular weight excluding hydrogens is 394 g/mol. The van der Waals surface area contributed by atoms with Crippen LogP contribution in [-0.2, 0) is 6.61 Å². The summed E-state index contributed by atoms with van der Waals surface area (Å²) in [7, 11) is 0. The van der Waals surface area contributed by atoms with Gasteiger partial charge in [0.2, 0.25) is 0 Å². The van der Waals surface area contributed by atoms with Crippen LogP contribution in [0.4, 0.5) is 0 Å². The number of aryl methyl sites for hydroxylation is 2. The van der Waals surface area contributed by atoms with E-state index in [1.165, 1.54) is 10.9 Å². The van der Waals surface area contributed by atoms with E-state index in [9.17, 15) is 0 Å². The number of benzene rings is 2. The molecule has 0 unspecified atom stereocenters. The SMILES string of the molecule is Cc1cc(C)c2c(n1)sc1c2ncn2nc(COc3ccc4ccccc4c3)nc12. The Hall–Kier alpha value is -3.58. The number of ether oxygens (including phenoxy) is 1. The van der Waals surface area contributed by atoms with E-state index in [-0.39, 0.29) is 0 Å². The summed E-state index contributed by atoms with van der Waals surface area (Å²) in [5, 5.41) is 7.99. The van der Waals surface area contributed by atoms with Gasteiger partial charge in [-0.1, -0.05) is 30.3 Å². The van der Waals surface area contributed by atoms with Crippen molar-refractivity contribution in [3.8, 4) is 5.75 Å². The van der Waals surface area contributed by atoms with Gasteiger partial charge in [-0.3, -0.25) is 0 Å². The first-order valence-corrected chi connectivity index (χ1v) is 10.5. The summed E-state index contributed by atoms with van der Waals surface area (Å²) in [6.07, 6.45) is 1.72. The second-order valence-electron chi connectivity index (χ2n) is 7.38. The van der Waals surface area contributed by atoms with Crippen LogP contribution in [0, 0.1) is 13.8 Å². The average molecular weight is 411 g/mol. The van der Waals surface area contributed by atoms with Crippen molar-refractivity contribution < 1.29 is 4.74 Å². The minimum Gasteiger partial charge on any atom is -0.486 e. The summed E-state index contributed by atoms with van der Waals surface area (Å²) < 4.78 is 8.69. The molecule has 0 saturated carbocycles. The van der Waals surface area contributed by atoms with Gasteiger partial charge in [0.05, 0.1) is 5.52 Å². The Morgan fingerprint density at radius 3 is 2.77 bits per heavy atom. The first-order chi connectivity index (χ1) is 14.7. The first kappa shape index (κ1) is 17.3. The van der Waals surface area contributed by atoms with Crippen LogP contribution in [0.1, 0.15) is 17.1 Å². The van der Waals surface area contributed by atoms with E-state index in [4.69, 9.17) is 9.72 Å². The molecule has 0 aliphatic carbocycles. The molecule has 0 fully saturated rings. The van der Waals surface area contributed by atoms with Crippen molar-refractivity contribution in [1.29, 1.82) is 0 Å². The molecule has 4 heterocycles. The molecule has 146 valence electrons. The van der Waals surface area contributed by atoms with Crippen molar-refractivity contribution in [2.45, 2.75) is 20.5 Å². The van der Waals surface area contributed by atoms with Crippen molar-refractivity contribution in [3.63, 3.8) is 0 Å². The number of fused-ring (bicyclic) bond motifs is 6. The van der Waals surface area contributed by atoms with Crippen LogP contribution in [0.5, 0.6) is 5.75 Å². The van der Waals surface area contributed by atoms with Gasteiger partial charge in [0.1, 0.15) is 28.2 Å². The smallest absolute Gasteiger partial charge is 0.189 e. The van der Waals surface area contributed by atoms with Crippen LogP contribution >= 0.6 is 11.3 Å². The molecule has 0 N–H and O–H groups in total. The van der Waals surface area contributed by atoms with Crippen molar-refractivity contribution in [2.75, 3.05) is 0 Å². The molecule has 0 radical (unpaired) electrons. The van der Waals surface area contributed by atoms with Crippen LogP contribution in [0.2, 0.25) is 0 Å². The summed E-state index contributed by atoms with van der Waals surface area (Å²) in [5.41, 5.74) is 3.91. The lowest BCUT2D eigenvalue weighted by atomic mass is 10.1. The summed E-state index contributed by atoms with van der Waals surface area (Å²) >= 11 is 1.61. The Labute approximate surface area is 175 Å². The number of aromatic nitrogens is 5. The molecule has 7 heteroatoms. The maximum absolute atomic E-state index is 5.97. The molecule has 2 aromatic carbocycles. The highest BCUT2D eigenvalue weighted by atomic mass is 32.1. The van der Waals surface area contributed by atoms with Gasteiger partial charge in [0, 0.05) is 11.1 Å². The number of nitrogens with zero attached hydrogens (tertiary/aromatic N) is 5. The van der Waals surface area contributed by atoms with Gasteiger partial charge in [0.15, 0.2) is 11.5 Å². The van der Waals surface area contributed by atoms with Crippen molar-refractivity contribution in [1.82, 2.24) is 24.6 Å². The van der Waals surface area contributed by atoms with Crippen LogP contribution in [-0.4, -0.2) is 24.6 Å². The Morgan fingerprint density at radius 2 is 1.87 bits per heavy atom. The van der Waals surface area contributed by atoms with Gasteiger partial charge in [-0.15, -0.1) is 16.4 Å². The van der Waals surface area contributed by atoms with E-state index in [1.54, 1.807) is 22.2 Å². The molecule has 0 aliphatic heterocycles. The monoisotopic (exact) mass is 411 g/mol. The maximum atomic E-state index is 5.97. The fourth-order valence-corrected chi connectivity index (χ4v) is 5.10. The van der Waals surface area contributed by atoms with Gasteiger partial charge in [-0.05, 0) is 48.4 Å². The molecule has 6 nitrogen and oxygen atoms in total.